The molecule has 0 saturated carbocycles. The Hall–Kier alpha value is -1.69. The van der Waals surface area contributed by atoms with Crippen LogP contribution in [0, 0.1) is 12.8 Å². The van der Waals surface area contributed by atoms with Crippen molar-refractivity contribution in [3.05, 3.63) is 53.7 Å². The third-order valence-corrected chi connectivity index (χ3v) is 6.11. The number of hydrogen-bond acceptors (Lipinski definition) is 5. The molecule has 4 rings (SSSR count). The minimum absolute atomic E-state index is 0.0651. The molecule has 0 amide bonds. The molecule has 2 aromatic rings. The normalized spacial score (nSPS) is 22.5. The standard InChI is InChI=1S/C22H30N2O3/c1-18-2-3-21(27-18)16-24-12-8-22(9-13-24)20(7-15-26-22)6-14-25-17-19-4-10-23-11-5-19/h2-5,10-11,20H,6-9,12-17H2,1H3/t20-/m0/s1. The quantitative estimate of drug-likeness (QED) is 0.691. The maximum Gasteiger partial charge on any atom is 0.118 e. The van der Waals surface area contributed by atoms with E-state index in [1.165, 1.54) is 5.56 Å². The molecule has 0 unspecified atom stereocenters. The molecule has 0 N–H and O–H groups in total. The fourth-order valence-corrected chi connectivity index (χ4v) is 4.52. The lowest BCUT2D eigenvalue weighted by Gasteiger charge is -2.42. The van der Waals surface area contributed by atoms with Crippen LogP contribution in [0.25, 0.3) is 0 Å². The van der Waals surface area contributed by atoms with E-state index in [-0.39, 0.29) is 5.60 Å². The summed E-state index contributed by atoms with van der Waals surface area (Å²) in [6.07, 6.45) is 8.11. The summed E-state index contributed by atoms with van der Waals surface area (Å²) in [4.78, 5) is 6.53. The summed E-state index contributed by atoms with van der Waals surface area (Å²) in [5, 5.41) is 0. The van der Waals surface area contributed by atoms with Gasteiger partial charge in [-0.15, -0.1) is 0 Å². The highest BCUT2D eigenvalue weighted by atomic mass is 16.5. The van der Waals surface area contributed by atoms with Crippen LogP contribution in [0.15, 0.2) is 41.1 Å². The zero-order valence-corrected chi connectivity index (χ0v) is 16.2. The van der Waals surface area contributed by atoms with E-state index >= 15 is 0 Å². The summed E-state index contributed by atoms with van der Waals surface area (Å²) in [7, 11) is 0. The van der Waals surface area contributed by atoms with Gasteiger partial charge in [-0.3, -0.25) is 9.88 Å². The molecule has 146 valence electrons. The van der Waals surface area contributed by atoms with E-state index < -0.39 is 0 Å². The van der Waals surface area contributed by atoms with Gasteiger partial charge in [-0.2, -0.15) is 0 Å². The zero-order valence-electron chi connectivity index (χ0n) is 16.2. The van der Waals surface area contributed by atoms with Gasteiger partial charge in [-0.05, 0) is 68.4 Å². The number of pyridine rings is 1. The van der Waals surface area contributed by atoms with Crippen molar-refractivity contribution in [1.82, 2.24) is 9.88 Å². The minimum Gasteiger partial charge on any atom is -0.465 e. The molecular formula is C22H30N2O3. The number of aryl methyl sites for hydroxylation is 1. The number of rotatable bonds is 7. The Morgan fingerprint density at radius 1 is 1.19 bits per heavy atom. The van der Waals surface area contributed by atoms with Gasteiger partial charge < -0.3 is 13.9 Å². The molecule has 5 nitrogen and oxygen atoms in total. The SMILES string of the molecule is Cc1ccc(CN2CCC3(CC2)OCC[C@@H]3CCOCc2ccncc2)o1. The molecule has 1 atom stereocenters. The summed E-state index contributed by atoms with van der Waals surface area (Å²) in [6.45, 7) is 7.42. The Balaban J connectivity index is 1.23. The molecule has 1 spiro atoms. The van der Waals surface area contributed by atoms with Crippen LogP contribution < -0.4 is 0 Å². The highest BCUT2D eigenvalue weighted by Crippen LogP contribution is 2.42. The topological polar surface area (TPSA) is 47.7 Å². The first-order valence-corrected chi connectivity index (χ1v) is 10.1. The van der Waals surface area contributed by atoms with Crippen LogP contribution in [0.1, 0.15) is 42.8 Å². The first-order valence-electron chi connectivity index (χ1n) is 10.1. The van der Waals surface area contributed by atoms with Crippen LogP contribution in [0.3, 0.4) is 0 Å². The molecule has 0 aliphatic carbocycles. The first kappa shape index (κ1) is 18.7. The number of ether oxygens (including phenoxy) is 2. The second-order valence-electron chi connectivity index (χ2n) is 7.88. The number of likely N-dealkylation sites (tertiary alicyclic amines) is 1. The van der Waals surface area contributed by atoms with Gasteiger partial charge in [0, 0.05) is 38.7 Å². The van der Waals surface area contributed by atoms with Crippen LogP contribution in [-0.4, -0.2) is 41.8 Å². The summed E-state index contributed by atoms with van der Waals surface area (Å²) in [6, 6.07) is 8.16. The van der Waals surface area contributed by atoms with Crippen molar-refractivity contribution in [3.63, 3.8) is 0 Å². The number of furan rings is 1. The smallest absolute Gasteiger partial charge is 0.118 e. The molecule has 27 heavy (non-hydrogen) atoms. The summed E-state index contributed by atoms with van der Waals surface area (Å²) in [5.74, 6) is 2.67. The van der Waals surface area contributed by atoms with E-state index in [9.17, 15) is 0 Å². The van der Waals surface area contributed by atoms with E-state index in [4.69, 9.17) is 13.9 Å². The van der Waals surface area contributed by atoms with Gasteiger partial charge in [0.2, 0.25) is 0 Å². The van der Waals surface area contributed by atoms with Crippen molar-refractivity contribution in [2.45, 2.75) is 51.4 Å². The monoisotopic (exact) mass is 370 g/mol. The third-order valence-electron chi connectivity index (χ3n) is 6.11. The summed E-state index contributed by atoms with van der Waals surface area (Å²) < 4.78 is 17.9. The lowest BCUT2D eigenvalue weighted by atomic mass is 9.78. The van der Waals surface area contributed by atoms with Gasteiger partial charge in [0.15, 0.2) is 0 Å². The Kier molecular flexibility index (Phi) is 5.91. The van der Waals surface area contributed by atoms with Gasteiger partial charge in [-0.25, -0.2) is 0 Å². The van der Waals surface area contributed by atoms with Gasteiger partial charge in [-0.1, -0.05) is 0 Å². The van der Waals surface area contributed by atoms with Crippen molar-refractivity contribution < 1.29 is 13.9 Å². The number of aromatic nitrogens is 1. The van der Waals surface area contributed by atoms with Crippen molar-refractivity contribution in [2.24, 2.45) is 5.92 Å². The van der Waals surface area contributed by atoms with Crippen molar-refractivity contribution in [3.8, 4) is 0 Å². The molecule has 2 aromatic heterocycles. The predicted octanol–water partition coefficient (Wildman–Crippen LogP) is 3.96. The lowest BCUT2D eigenvalue weighted by Crippen LogP contribution is -2.47. The molecule has 5 heteroatoms. The molecule has 2 aliphatic rings. The van der Waals surface area contributed by atoms with Gasteiger partial charge in [0.05, 0.1) is 18.8 Å². The van der Waals surface area contributed by atoms with Crippen LogP contribution >= 0.6 is 0 Å². The summed E-state index contributed by atoms with van der Waals surface area (Å²) in [5.41, 5.74) is 1.25. The largest absolute Gasteiger partial charge is 0.465 e. The Bertz CT molecular complexity index is 707. The average molecular weight is 370 g/mol. The van der Waals surface area contributed by atoms with E-state index in [1.807, 2.05) is 37.5 Å². The van der Waals surface area contributed by atoms with Gasteiger partial charge in [0.25, 0.3) is 0 Å². The lowest BCUT2D eigenvalue weighted by molar-refractivity contribution is -0.0740. The average Bonchev–Trinajstić information content (AvgIpc) is 3.28. The molecule has 0 bridgehead atoms. The maximum absolute atomic E-state index is 6.30. The predicted molar refractivity (Wildman–Crippen MR) is 103 cm³/mol. The van der Waals surface area contributed by atoms with Crippen LogP contribution in [0.4, 0.5) is 0 Å². The van der Waals surface area contributed by atoms with Gasteiger partial charge >= 0.3 is 0 Å². The highest BCUT2D eigenvalue weighted by Gasteiger charge is 2.45. The number of hydrogen-bond donors (Lipinski definition) is 0. The number of piperidine rings is 1. The fraction of sp³-hybridized carbons (Fsp3) is 0.591. The van der Waals surface area contributed by atoms with Crippen molar-refractivity contribution in [1.29, 1.82) is 0 Å². The van der Waals surface area contributed by atoms with E-state index in [0.717, 1.165) is 70.1 Å². The van der Waals surface area contributed by atoms with E-state index in [2.05, 4.69) is 16.0 Å². The molecule has 0 aromatic carbocycles. The third kappa shape index (κ3) is 4.60. The van der Waals surface area contributed by atoms with Gasteiger partial charge in [0.1, 0.15) is 11.5 Å². The van der Waals surface area contributed by atoms with E-state index in [0.29, 0.717) is 12.5 Å². The maximum atomic E-state index is 6.30. The molecule has 2 saturated heterocycles. The van der Waals surface area contributed by atoms with Crippen molar-refractivity contribution >= 4 is 0 Å². The Morgan fingerprint density at radius 2 is 2.00 bits per heavy atom. The summed E-state index contributed by atoms with van der Waals surface area (Å²) >= 11 is 0. The van der Waals surface area contributed by atoms with E-state index in [1.54, 1.807) is 0 Å². The molecule has 2 aliphatic heterocycles. The Labute approximate surface area is 161 Å². The minimum atomic E-state index is 0.0651. The van der Waals surface area contributed by atoms with Crippen LogP contribution in [0.5, 0.6) is 0 Å². The highest BCUT2D eigenvalue weighted by molar-refractivity contribution is 5.08. The number of nitrogens with zero attached hydrogens (tertiary/aromatic N) is 2. The van der Waals surface area contributed by atoms with Crippen molar-refractivity contribution in [2.75, 3.05) is 26.3 Å². The van der Waals surface area contributed by atoms with Crippen LogP contribution in [-0.2, 0) is 22.6 Å². The fourth-order valence-electron chi connectivity index (χ4n) is 4.52. The second kappa shape index (κ2) is 8.55. The zero-order chi connectivity index (χ0) is 18.5. The first-order chi connectivity index (χ1) is 13.2. The molecule has 4 heterocycles. The Morgan fingerprint density at radius 3 is 2.74 bits per heavy atom. The van der Waals surface area contributed by atoms with Crippen LogP contribution in [0.2, 0.25) is 0 Å². The second-order valence-corrected chi connectivity index (χ2v) is 7.88. The molecule has 2 fully saturated rings. The molecule has 0 radical (unpaired) electrons. The molecular weight excluding hydrogens is 340 g/mol.